The van der Waals surface area contributed by atoms with Gasteiger partial charge in [-0.15, -0.1) is 0 Å². The van der Waals surface area contributed by atoms with Crippen molar-refractivity contribution in [1.82, 2.24) is 0 Å². The Hall–Kier alpha value is -0.0600. The third kappa shape index (κ3) is 3.67. The molecule has 0 atom stereocenters. The fourth-order valence-electron chi connectivity index (χ4n) is 1.60. The highest BCUT2D eigenvalue weighted by Crippen LogP contribution is 2.28. The highest BCUT2D eigenvalue weighted by molar-refractivity contribution is 14.1. The Morgan fingerprint density at radius 3 is 2.69 bits per heavy atom. The Bertz CT molecular complexity index is 205. The summed E-state index contributed by atoms with van der Waals surface area (Å²) in [5.41, 5.74) is 0. The lowest BCUT2D eigenvalue weighted by atomic mass is 10.1. The van der Waals surface area contributed by atoms with E-state index in [-0.39, 0.29) is 5.97 Å². The van der Waals surface area contributed by atoms with E-state index in [0.29, 0.717) is 12.5 Å². The molecule has 0 saturated heterocycles. The van der Waals surface area contributed by atoms with Crippen LogP contribution in [0.2, 0.25) is 0 Å². The second-order valence-corrected chi connectivity index (χ2v) is 4.44. The van der Waals surface area contributed by atoms with E-state index in [2.05, 4.69) is 28.7 Å². The lowest BCUT2D eigenvalue weighted by Gasteiger charge is -2.03. The van der Waals surface area contributed by atoms with Crippen LogP contribution >= 0.6 is 22.6 Å². The minimum atomic E-state index is -0.171. The Kier molecular flexibility index (Phi) is 4.77. The van der Waals surface area contributed by atoms with Gasteiger partial charge in [-0.2, -0.15) is 0 Å². The molecular formula is C10H15IO2. The van der Waals surface area contributed by atoms with Crippen molar-refractivity contribution in [3.05, 3.63) is 9.66 Å². The Balaban J connectivity index is 2.44. The van der Waals surface area contributed by atoms with Crippen LogP contribution in [0.3, 0.4) is 0 Å². The SMILES string of the molecule is CCOC(=O)C(I)=CC1CCCC1. The molecule has 1 aliphatic carbocycles. The number of hydrogen-bond donors (Lipinski definition) is 0. The summed E-state index contributed by atoms with van der Waals surface area (Å²) in [5.74, 6) is 0.436. The Morgan fingerprint density at radius 1 is 1.54 bits per heavy atom. The highest BCUT2D eigenvalue weighted by atomic mass is 127. The Morgan fingerprint density at radius 2 is 2.15 bits per heavy atom. The highest BCUT2D eigenvalue weighted by Gasteiger charge is 2.15. The molecule has 13 heavy (non-hydrogen) atoms. The molecular weight excluding hydrogens is 279 g/mol. The maximum absolute atomic E-state index is 11.2. The van der Waals surface area contributed by atoms with Crippen LogP contribution in [0.1, 0.15) is 32.6 Å². The largest absolute Gasteiger partial charge is 0.462 e. The number of carbonyl (C=O) groups excluding carboxylic acids is 1. The first-order valence-electron chi connectivity index (χ1n) is 4.78. The van der Waals surface area contributed by atoms with Crippen molar-refractivity contribution in [2.45, 2.75) is 32.6 Å². The molecule has 0 N–H and O–H groups in total. The number of hydrogen-bond acceptors (Lipinski definition) is 2. The zero-order chi connectivity index (χ0) is 9.68. The quantitative estimate of drug-likeness (QED) is 0.454. The molecule has 0 bridgehead atoms. The van der Waals surface area contributed by atoms with Gasteiger partial charge in [0.1, 0.15) is 0 Å². The standard InChI is InChI=1S/C10H15IO2/c1-2-13-10(12)9(11)7-8-5-3-4-6-8/h7-8H,2-6H2,1H3. The molecule has 1 saturated carbocycles. The van der Waals surface area contributed by atoms with E-state index in [1.54, 1.807) is 0 Å². The van der Waals surface area contributed by atoms with Gasteiger partial charge in [0.2, 0.25) is 0 Å². The van der Waals surface area contributed by atoms with E-state index in [1.807, 2.05) is 6.92 Å². The molecule has 0 amide bonds. The van der Waals surface area contributed by atoms with Gasteiger partial charge in [-0.3, -0.25) is 0 Å². The van der Waals surface area contributed by atoms with Crippen molar-refractivity contribution in [3.63, 3.8) is 0 Å². The van der Waals surface area contributed by atoms with Gasteiger partial charge >= 0.3 is 5.97 Å². The first kappa shape index (κ1) is 11.0. The van der Waals surface area contributed by atoms with Crippen LogP contribution in [-0.2, 0) is 9.53 Å². The molecule has 0 radical (unpaired) electrons. The average molecular weight is 294 g/mol. The number of esters is 1. The van der Waals surface area contributed by atoms with Crippen LogP contribution in [0.5, 0.6) is 0 Å². The van der Waals surface area contributed by atoms with Crippen molar-refractivity contribution >= 4 is 28.6 Å². The van der Waals surface area contributed by atoms with Crippen molar-refractivity contribution in [2.75, 3.05) is 6.61 Å². The smallest absolute Gasteiger partial charge is 0.344 e. The number of halogens is 1. The summed E-state index contributed by atoms with van der Waals surface area (Å²) in [5, 5.41) is 0. The minimum absolute atomic E-state index is 0.171. The first-order chi connectivity index (χ1) is 6.24. The van der Waals surface area contributed by atoms with Crippen molar-refractivity contribution in [1.29, 1.82) is 0 Å². The molecule has 0 aromatic rings. The van der Waals surface area contributed by atoms with Crippen LogP contribution in [0.4, 0.5) is 0 Å². The van der Waals surface area contributed by atoms with Crippen molar-refractivity contribution < 1.29 is 9.53 Å². The van der Waals surface area contributed by atoms with E-state index in [1.165, 1.54) is 25.7 Å². The third-order valence-corrected chi connectivity index (χ3v) is 3.05. The topological polar surface area (TPSA) is 26.3 Å². The number of allylic oxidation sites excluding steroid dienone is 1. The molecule has 0 aromatic heterocycles. The maximum Gasteiger partial charge on any atom is 0.344 e. The van der Waals surface area contributed by atoms with Gasteiger partial charge in [-0.1, -0.05) is 18.9 Å². The van der Waals surface area contributed by atoms with Crippen molar-refractivity contribution in [2.24, 2.45) is 5.92 Å². The van der Waals surface area contributed by atoms with Gasteiger partial charge in [0.25, 0.3) is 0 Å². The Labute approximate surface area is 92.9 Å². The van der Waals surface area contributed by atoms with Crippen LogP contribution in [0, 0.1) is 5.92 Å². The summed E-state index contributed by atoms with van der Waals surface area (Å²) in [6.07, 6.45) is 7.12. The fourth-order valence-corrected chi connectivity index (χ4v) is 2.26. The van der Waals surface area contributed by atoms with Gasteiger partial charge < -0.3 is 4.74 Å². The monoisotopic (exact) mass is 294 g/mol. The van der Waals surface area contributed by atoms with Crippen LogP contribution in [0.15, 0.2) is 9.66 Å². The van der Waals surface area contributed by atoms with Gasteiger partial charge in [-0.05, 0) is 48.3 Å². The van der Waals surface area contributed by atoms with Crippen LogP contribution < -0.4 is 0 Å². The summed E-state index contributed by atoms with van der Waals surface area (Å²) in [4.78, 5) is 11.2. The van der Waals surface area contributed by atoms with E-state index >= 15 is 0 Å². The van der Waals surface area contributed by atoms with E-state index in [0.717, 1.165) is 3.58 Å². The zero-order valence-corrected chi connectivity index (χ0v) is 10.0. The molecule has 0 spiro atoms. The average Bonchev–Trinajstić information content (AvgIpc) is 2.57. The second-order valence-electron chi connectivity index (χ2n) is 3.28. The fraction of sp³-hybridized carbons (Fsp3) is 0.700. The lowest BCUT2D eigenvalue weighted by molar-refractivity contribution is -0.137. The molecule has 1 aliphatic rings. The molecule has 3 heteroatoms. The summed E-state index contributed by atoms with van der Waals surface area (Å²) >= 11 is 2.07. The summed E-state index contributed by atoms with van der Waals surface area (Å²) in [6, 6.07) is 0. The molecule has 1 rings (SSSR count). The minimum Gasteiger partial charge on any atom is -0.462 e. The van der Waals surface area contributed by atoms with Gasteiger partial charge in [0.15, 0.2) is 0 Å². The molecule has 0 heterocycles. The number of rotatable bonds is 3. The molecule has 2 nitrogen and oxygen atoms in total. The molecule has 0 unspecified atom stereocenters. The van der Waals surface area contributed by atoms with Crippen LogP contribution in [-0.4, -0.2) is 12.6 Å². The van der Waals surface area contributed by atoms with E-state index < -0.39 is 0 Å². The first-order valence-corrected chi connectivity index (χ1v) is 5.86. The van der Waals surface area contributed by atoms with Gasteiger partial charge in [0.05, 0.1) is 10.2 Å². The summed E-state index contributed by atoms with van der Waals surface area (Å²) < 4.78 is 5.64. The zero-order valence-electron chi connectivity index (χ0n) is 7.88. The lowest BCUT2D eigenvalue weighted by Crippen LogP contribution is -2.04. The predicted octanol–water partition coefficient (Wildman–Crippen LogP) is 3.06. The van der Waals surface area contributed by atoms with Crippen molar-refractivity contribution in [3.8, 4) is 0 Å². The molecule has 0 aromatic carbocycles. The summed E-state index contributed by atoms with van der Waals surface area (Å²) in [6.45, 7) is 2.29. The molecule has 74 valence electrons. The molecule has 1 fully saturated rings. The predicted molar refractivity (Wildman–Crippen MR) is 60.7 cm³/mol. The molecule has 0 aliphatic heterocycles. The van der Waals surface area contributed by atoms with E-state index in [4.69, 9.17) is 4.74 Å². The maximum atomic E-state index is 11.2. The second kappa shape index (κ2) is 5.62. The number of carbonyl (C=O) groups is 1. The van der Waals surface area contributed by atoms with Crippen LogP contribution in [0.25, 0.3) is 0 Å². The number of ether oxygens (including phenoxy) is 1. The summed E-state index contributed by atoms with van der Waals surface area (Å²) in [7, 11) is 0. The van der Waals surface area contributed by atoms with Gasteiger partial charge in [-0.25, -0.2) is 4.79 Å². The third-order valence-electron chi connectivity index (χ3n) is 2.25. The van der Waals surface area contributed by atoms with Gasteiger partial charge in [0, 0.05) is 0 Å². The normalized spacial score (nSPS) is 19.1. The van der Waals surface area contributed by atoms with E-state index in [9.17, 15) is 4.79 Å².